The second kappa shape index (κ2) is 7.60. The molecule has 0 aliphatic rings. The summed E-state index contributed by atoms with van der Waals surface area (Å²) in [6, 6.07) is 15.3. The van der Waals surface area contributed by atoms with Crippen molar-refractivity contribution in [2.75, 3.05) is 5.32 Å². The summed E-state index contributed by atoms with van der Waals surface area (Å²) >= 11 is 0. The number of Topliss-reactive ketones (excluding diaryl/α,β-unsaturated/α-hetero) is 1. The van der Waals surface area contributed by atoms with E-state index in [1.165, 1.54) is 6.92 Å². The van der Waals surface area contributed by atoms with Crippen LogP contribution in [0.2, 0.25) is 0 Å². The van der Waals surface area contributed by atoms with E-state index in [4.69, 9.17) is 0 Å². The van der Waals surface area contributed by atoms with E-state index in [1.54, 1.807) is 31.2 Å². The van der Waals surface area contributed by atoms with Gasteiger partial charge in [-0.15, -0.1) is 0 Å². The van der Waals surface area contributed by atoms with Crippen LogP contribution in [0.5, 0.6) is 0 Å². The molecule has 7 heteroatoms. The zero-order valence-electron chi connectivity index (χ0n) is 14.5. The van der Waals surface area contributed by atoms with Gasteiger partial charge in [0.1, 0.15) is 11.9 Å². The average molecular weight is 349 g/mol. The van der Waals surface area contributed by atoms with Gasteiger partial charge in [-0.3, -0.25) is 9.89 Å². The quantitative estimate of drug-likeness (QED) is 0.616. The lowest BCUT2D eigenvalue weighted by Crippen LogP contribution is -2.33. The molecular formula is C19H19N5O2. The molecule has 0 saturated carbocycles. The summed E-state index contributed by atoms with van der Waals surface area (Å²) in [6.45, 7) is 3.30. The summed E-state index contributed by atoms with van der Waals surface area (Å²) < 4.78 is 0. The minimum Gasteiger partial charge on any atom is -0.324 e. The fourth-order valence-corrected chi connectivity index (χ4v) is 2.52. The van der Waals surface area contributed by atoms with Crippen molar-refractivity contribution in [3.05, 3.63) is 77.4 Å². The van der Waals surface area contributed by atoms with Gasteiger partial charge in [0.2, 0.25) is 0 Å². The highest BCUT2D eigenvalue weighted by Crippen LogP contribution is 2.19. The molecule has 0 unspecified atom stereocenters. The molecule has 0 fully saturated rings. The van der Waals surface area contributed by atoms with Crippen LogP contribution >= 0.6 is 0 Å². The number of amides is 2. The SMILES string of the molecule is CC(=O)c1ccc(NC(=O)N[C@@H](c2ccccc2)c2n[nH]c(C)n2)cc1. The number of nitrogens with zero attached hydrogens (tertiary/aromatic N) is 2. The Morgan fingerprint density at radius 1 is 1.04 bits per heavy atom. The van der Waals surface area contributed by atoms with Crippen molar-refractivity contribution in [2.24, 2.45) is 0 Å². The zero-order valence-corrected chi connectivity index (χ0v) is 14.5. The molecular weight excluding hydrogens is 330 g/mol. The molecule has 3 rings (SSSR count). The third-order valence-electron chi connectivity index (χ3n) is 3.83. The van der Waals surface area contributed by atoms with Crippen LogP contribution in [0.3, 0.4) is 0 Å². The number of carbonyl (C=O) groups excluding carboxylic acids is 2. The Balaban J connectivity index is 1.76. The van der Waals surface area contributed by atoms with Crippen LogP contribution in [0.15, 0.2) is 54.6 Å². The number of benzene rings is 2. The van der Waals surface area contributed by atoms with E-state index in [1.807, 2.05) is 30.3 Å². The molecule has 1 atom stereocenters. The highest BCUT2D eigenvalue weighted by Gasteiger charge is 2.20. The summed E-state index contributed by atoms with van der Waals surface area (Å²) in [4.78, 5) is 28.1. The summed E-state index contributed by atoms with van der Waals surface area (Å²) in [5.74, 6) is 1.13. The Hall–Kier alpha value is -3.48. The first-order valence-electron chi connectivity index (χ1n) is 8.15. The maximum absolute atomic E-state index is 12.4. The Kier molecular flexibility index (Phi) is 5.07. The molecule has 0 spiro atoms. The van der Waals surface area contributed by atoms with Crippen molar-refractivity contribution in [3.8, 4) is 0 Å². The van der Waals surface area contributed by atoms with Gasteiger partial charge in [-0.2, -0.15) is 5.10 Å². The zero-order chi connectivity index (χ0) is 18.5. The lowest BCUT2D eigenvalue weighted by molar-refractivity contribution is 0.101. The second-order valence-corrected chi connectivity index (χ2v) is 5.85. The molecule has 0 radical (unpaired) electrons. The summed E-state index contributed by atoms with van der Waals surface area (Å²) in [7, 11) is 0. The van der Waals surface area contributed by atoms with Gasteiger partial charge >= 0.3 is 6.03 Å². The molecule has 0 bridgehead atoms. The number of hydrogen-bond donors (Lipinski definition) is 3. The first-order chi connectivity index (χ1) is 12.5. The highest BCUT2D eigenvalue weighted by molar-refractivity contribution is 5.95. The van der Waals surface area contributed by atoms with Crippen LogP contribution in [-0.4, -0.2) is 27.0 Å². The number of rotatable bonds is 5. The van der Waals surface area contributed by atoms with Crippen molar-refractivity contribution in [3.63, 3.8) is 0 Å². The van der Waals surface area contributed by atoms with E-state index in [-0.39, 0.29) is 5.78 Å². The van der Waals surface area contributed by atoms with E-state index >= 15 is 0 Å². The number of carbonyl (C=O) groups is 2. The molecule has 132 valence electrons. The van der Waals surface area contributed by atoms with Gasteiger partial charge in [-0.25, -0.2) is 9.78 Å². The van der Waals surface area contributed by atoms with Crippen molar-refractivity contribution < 1.29 is 9.59 Å². The molecule has 0 aliphatic carbocycles. The number of aromatic nitrogens is 3. The Morgan fingerprint density at radius 3 is 2.31 bits per heavy atom. The van der Waals surface area contributed by atoms with Gasteiger partial charge in [0.05, 0.1) is 0 Å². The summed E-state index contributed by atoms with van der Waals surface area (Å²) in [5, 5.41) is 12.6. The maximum Gasteiger partial charge on any atom is 0.320 e. The van der Waals surface area contributed by atoms with Crippen LogP contribution in [0.1, 0.15) is 40.5 Å². The Labute approximate surface area is 150 Å². The van der Waals surface area contributed by atoms with Crippen molar-refractivity contribution in [1.82, 2.24) is 20.5 Å². The molecule has 2 aromatic carbocycles. The molecule has 0 aliphatic heterocycles. The average Bonchev–Trinajstić information content (AvgIpc) is 3.07. The maximum atomic E-state index is 12.4. The number of hydrogen-bond acceptors (Lipinski definition) is 4. The summed E-state index contributed by atoms with van der Waals surface area (Å²) in [6.07, 6.45) is 0. The first kappa shape index (κ1) is 17.3. The number of anilines is 1. The van der Waals surface area contributed by atoms with Crippen LogP contribution in [0.25, 0.3) is 0 Å². The lowest BCUT2D eigenvalue weighted by atomic mass is 10.1. The third-order valence-corrected chi connectivity index (χ3v) is 3.83. The van der Waals surface area contributed by atoms with Gasteiger partial charge in [0, 0.05) is 11.3 Å². The van der Waals surface area contributed by atoms with Gasteiger partial charge in [0.15, 0.2) is 11.6 Å². The largest absolute Gasteiger partial charge is 0.324 e. The summed E-state index contributed by atoms with van der Waals surface area (Å²) in [5.41, 5.74) is 2.05. The molecule has 0 saturated heterocycles. The van der Waals surface area contributed by atoms with E-state index in [0.717, 1.165) is 5.56 Å². The molecule has 3 N–H and O–H groups in total. The van der Waals surface area contributed by atoms with Crippen molar-refractivity contribution in [1.29, 1.82) is 0 Å². The predicted octanol–water partition coefficient (Wildman–Crippen LogP) is 3.23. The number of nitrogens with one attached hydrogen (secondary N) is 3. The minimum absolute atomic E-state index is 0.0230. The molecule has 1 aromatic heterocycles. The van der Waals surface area contributed by atoms with Crippen molar-refractivity contribution in [2.45, 2.75) is 19.9 Å². The van der Waals surface area contributed by atoms with Gasteiger partial charge in [0.25, 0.3) is 0 Å². The van der Waals surface area contributed by atoms with Crippen LogP contribution in [0.4, 0.5) is 10.5 Å². The lowest BCUT2D eigenvalue weighted by Gasteiger charge is -2.17. The first-order valence-corrected chi connectivity index (χ1v) is 8.15. The number of aryl methyl sites for hydroxylation is 1. The smallest absolute Gasteiger partial charge is 0.320 e. The van der Waals surface area contributed by atoms with Gasteiger partial charge in [-0.05, 0) is 43.7 Å². The molecule has 3 aromatic rings. The number of urea groups is 1. The minimum atomic E-state index is -0.488. The molecule has 26 heavy (non-hydrogen) atoms. The predicted molar refractivity (Wildman–Crippen MR) is 98.0 cm³/mol. The van der Waals surface area contributed by atoms with Crippen molar-refractivity contribution >= 4 is 17.5 Å². The third kappa shape index (κ3) is 4.13. The van der Waals surface area contributed by atoms with Gasteiger partial charge in [-0.1, -0.05) is 30.3 Å². The normalized spacial score (nSPS) is 11.6. The highest BCUT2D eigenvalue weighted by atomic mass is 16.2. The van der Waals surface area contributed by atoms with Crippen LogP contribution < -0.4 is 10.6 Å². The molecule has 7 nitrogen and oxygen atoms in total. The molecule has 1 heterocycles. The van der Waals surface area contributed by atoms with Crippen LogP contribution in [-0.2, 0) is 0 Å². The topological polar surface area (TPSA) is 99.8 Å². The van der Waals surface area contributed by atoms with E-state index < -0.39 is 12.1 Å². The Morgan fingerprint density at radius 2 is 1.73 bits per heavy atom. The fourth-order valence-electron chi connectivity index (χ4n) is 2.52. The van der Waals surface area contributed by atoms with Gasteiger partial charge < -0.3 is 10.6 Å². The van der Waals surface area contributed by atoms with E-state index in [0.29, 0.717) is 22.9 Å². The number of H-pyrrole nitrogens is 1. The second-order valence-electron chi connectivity index (χ2n) is 5.85. The fraction of sp³-hybridized carbons (Fsp3) is 0.158. The Bertz CT molecular complexity index is 903. The monoisotopic (exact) mass is 349 g/mol. The van der Waals surface area contributed by atoms with E-state index in [2.05, 4.69) is 25.8 Å². The molecule has 2 amide bonds. The van der Waals surface area contributed by atoms with E-state index in [9.17, 15) is 9.59 Å². The number of ketones is 1. The van der Waals surface area contributed by atoms with Crippen LogP contribution in [0, 0.1) is 6.92 Å². The number of aromatic amines is 1. The standard InChI is InChI=1S/C19H19N5O2/c1-12(25)14-8-10-16(11-9-14)21-19(26)22-17(15-6-4-3-5-7-15)18-20-13(2)23-24-18/h3-11,17H,1-2H3,(H,20,23,24)(H2,21,22,26)/t17-/m0/s1.